The Morgan fingerprint density at radius 2 is 2.14 bits per heavy atom. The van der Waals surface area contributed by atoms with Gasteiger partial charge in [-0.15, -0.1) is 11.3 Å². The summed E-state index contributed by atoms with van der Waals surface area (Å²) < 4.78 is 0. The fourth-order valence-electron chi connectivity index (χ4n) is 2.98. The Labute approximate surface area is 127 Å². The topological polar surface area (TPSA) is 44.8 Å². The van der Waals surface area contributed by atoms with Crippen LogP contribution in [0.1, 0.15) is 27.9 Å². The molecular weight excluding hydrogens is 280 g/mol. The third kappa shape index (κ3) is 2.50. The fourth-order valence-corrected chi connectivity index (χ4v) is 3.64. The molecule has 3 heterocycles. The van der Waals surface area contributed by atoms with E-state index in [-0.39, 0.29) is 0 Å². The van der Waals surface area contributed by atoms with Crippen LogP contribution in [0.3, 0.4) is 0 Å². The zero-order valence-corrected chi connectivity index (χ0v) is 12.4. The molecule has 0 aliphatic carbocycles. The van der Waals surface area contributed by atoms with Crippen molar-refractivity contribution in [1.82, 2.24) is 19.9 Å². The lowest BCUT2D eigenvalue weighted by molar-refractivity contribution is 0.227. The number of benzene rings is 1. The highest BCUT2D eigenvalue weighted by Gasteiger charge is 2.28. The van der Waals surface area contributed by atoms with Gasteiger partial charge in [0.15, 0.2) is 0 Å². The van der Waals surface area contributed by atoms with E-state index in [0.717, 1.165) is 19.6 Å². The highest BCUT2D eigenvalue weighted by molar-refractivity contribution is 7.09. The van der Waals surface area contributed by atoms with E-state index in [1.54, 1.807) is 11.3 Å². The van der Waals surface area contributed by atoms with Crippen molar-refractivity contribution < 1.29 is 0 Å². The molecule has 0 fully saturated rings. The van der Waals surface area contributed by atoms with E-state index in [1.807, 2.05) is 17.9 Å². The molecule has 1 unspecified atom stereocenters. The Hall–Kier alpha value is -1.98. The highest BCUT2D eigenvalue weighted by Crippen LogP contribution is 2.32. The first kappa shape index (κ1) is 12.7. The molecular formula is C16H16N4S. The standard InChI is InChI=1S/C16H16N4S/c1-2-4-12(5-3-1)13-8-20(10-15-17-6-7-21-15)9-14-16(13)19-11-18-14/h1-7,11,13H,8-10H2,(H,18,19). The van der Waals surface area contributed by atoms with Crippen molar-refractivity contribution in [3.05, 3.63) is 70.2 Å². The van der Waals surface area contributed by atoms with E-state index in [4.69, 9.17) is 0 Å². The van der Waals surface area contributed by atoms with Gasteiger partial charge in [0.25, 0.3) is 0 Å². The zero-order chi connectivity index (χ0) is 14.1. The van der Waals surface area contributed by atoms with Gasteiger partial charge < -0.3 is 4.98 Å². The summed E-state index contributed by atoms with van der Waals surface area (Å²) in [7, 11) is 0. The molecule has 1 aliphatic rings. The maximum Gasteiger partial charge on any atom is 0.107 e. The number of fused-ring (bicyclic) bond motifs is 1. The average Bonchev–Trinajstić information content (AvgIpc) is 3.18. The number of nitrogens with one attached hydrogen (secondary N) is 1. The largest absolute Gasteiger partial charge is 0.347 e. The van der Waals surface area contributed by atoms with Crippen molar-refractivity contribution in [2.45, 2.75) is 19.0 Å². The molecule has 4 nitrogen and oxygen atoms in total. The lowest BCUT2D eigenvalue weighted by Crippen LogP contribution is -2.33. The first-order valence-electron chi connectivity index (χ1n) is 7.08. The van der Waals surface area contributed by atoms with E-state index < -0.39 is 0 Å². The Morgan fingerprint density at radius 1 is 1.24 bits per heavy atom. The first-order chi connectivity index (χ1) is 10.4. The number of rotatable bonds is 3. The minimum absolute atomic E-state index is 0.334. The van der Waals surface area contributed by atoms with Gasteiger partial charge in [-0.2, -0.15) is 0 Å². The number of thiazole rings is 1. The van der Waals surface area contributed by atoms with Gasteiger partial charge in [-0.3, -0.25) is 4.90 Å². The van der Waals surface area contributed by atoms with Crippen LogP contribution >= 0.6 is 11.3 Å². The van der Waals surface area contributed by atoms with Crippen molar-refractivity contribution in [2.75, 3.05) is 6.54 Å². The molecule has 0 saturated heterocycles. The molecule has 1 atom stereocenters. The molecule has 0 bridgehead atoms. The van der Waals surface area contributed by atoms with Gasteiger partial charge in [-0.25, -0.2) is 9.97 Å². The van der Waals surface area contributed by atoms with Gasteiger partial charge in [0.05, 0.1) is 24.3 Å². The van der Waals surface area contributed by atoms with Crippen LogP contribution in [0.25, 0.3) is 0 Å². The van der Waals surface area contributed by atoms with Crippen LogP contribution in [0.4, 0.5) is 0 Å². The Kier molecular flexibility index (Phi) is 3.29. The molecule has 3 aromatic rings. The summed E-state index contributed by atoms with van der Waals surface area (Å²) in [5.74, 6) is 0.334. The molecule has 21 heavy (non-hydrogen) atoms. The Bertz CT molecular complexity index is 705. The number of nitrogens with zero attached hydrogens (tertiary/aromatic N) is 3. The SMILES string of the molecule is c1ccc(C2CN(Cc3nccs3)Cc3[nH]cnc32)cc1. The van der Waals surface area contributed by atoms with Crippen LogP contribution in [-0.2, 0) is 13.1 Å². The molecule has 0 spiro atoms. The van der Waals surface area contributed by atoms with Gasteiger partial charge in [0.1, 0.15) is 5.01 Å². The average molecular weight is 296 g/mol. The second-order valence-electron chi connectivity index (χ2n) is 5.33. The van der Waals surface area contributed by atoms with Crippen LogP contribution in [-0.4, -0.2) is 26.4 Å². The van der Waals surface area contributed by atoms with Crippen molar-refractivity contribution in [1.29, 1.82) is 0 Å². The number of aromatic amines is 1. The Balaban J connectivity index is 1.64. The quantitative estimate of drug-likeness (QED) is 0.808. The maximum absolute atomic E-state index is 4.55. The lowest BCUT2D eigenvalue weighted by atomic mass is 9.91. The monoisotopic (exact) mass is 296 g/mol. The summed E-state index contributed by atoms with van der Waals surface area (Å²) in [5, 5.41) is 3.21. The number of aromatic nitrogens is 3. The van der Waals surface area contributed by atoms with Crippen LogP contribution in [0.2, 0.25) is 0 Å². The van der Waals surface area contributed by atoms with Crippen molar-refractivity contribution in [3.63, 3.8) is 0 Å². The molecule has 106 valence electrons. The summed E-state index contributed by atoms with van der Waals surface area (Å²) in [4.78, 5) is 14.7. The number of H-pyrrole nitrogens is 1. The molecule has 2 aromatic heterocycles. The summed E-state index contributed by atoms with van der Waals surface area (Å²) >= 11 is 1.72. The molecule has 5 heteroatoms. The third-order valence-electron chi connectivity index (χ3n) is 3.95. The van der Waals surface area contributed by atoms with Crippen molar-refractivity contribution in [2.24, 2.45) is 0 Å². The van der Waals surface area contributed by atoms with E-state index in [9.17, 15) is 0 Å². The second kappa shape index (κ2) is 5.42. The smallest absolute Gasteiger partial charge is 0.107 e. The number of imidazole rings is 1. The van der Waals surface area contributed by atoms with Gasteiger partial charge in [-0.05, 0) is 5.56 Å². The predicted molar refractivity (Wildman–Crippen MR) is 83.1 cm³/mol. The number of hydrogen-bond donors (Lipinski definition) is 1. The van der Waals surface area contributed by atoms with Crippen LogP contribution < -0.4 is 0 Å². The highest BCUT2D eigenvalue weighted by atomic mass is 32.1. The van der Waals surface area contributed by atoms with Crippen LogP contribution in [0, 0.1) is 0 Å². The van der Waals surface area contributed by atoms with E-state index in [1.165, 1.54) is 22.0 Å². The first-order valence-corrected chi connectivity index (χ1v) is 7.96. The minimum atomic E-state index is 0.334. The van der Waals surface area contributed by atoms with Gasteiger partial charge in [-0.1, -0.05) is 30.3 Å². The summed E-state index contributed by atoms with van der Waals surface area (Å²) in [6.45, 7) is 2.80. The summed E-state index contributed by atoms with van der Waals surface area (Å²) in [6, 6.07) is 10.6. The summed E-state index contributed by atoms with van der Waals surface area (Å²) in [6.07, 6.45) is 3.69. The Morgan fingerprint density at radius 3 is 2.95 bits per heavy atom. The predicted octanol–water partition coefficient (Wildman–Crippen LogP) is 3.01. The lowest BCUT2D eigenvalue weighted by Gasteiger charge is -2.31. The zero-order valence-electron chi connectivity index (χ0n) is 11.6. The number of hydrogen-bond acceptors (Lipinski definition) is 4. The fraction of sp³-hybridized carbons (Fsp3) is 0.250. The van der Waals surface area contributed by atoms with E-state index in [0.29, 0.717) is 5.92 Å². The summed E-state index contributed by atoms with van der Waals surface area (Å²) in [5.41, 5.74) is 3.75. The van der Waals surface area contributed by atoms with Crippen molar-refractivity contribution >= 4 is 11.3 Å². The normalized spacial score (nSPS) is 18.6. The van der Waals surface area contributed by atoms with Crippen molar-refractivity contribution in [3.8, 4) is 0 Å². The van der Waals surface area contributed by atoms with E-state index >= 15 is 0 Å². The molecule has 1 N–H and O–H groups in total. The van der Waals surface area contributed by atoms with Gasteiger partial charge >= 0.3 is 0 Å². The maximum atomic E-state index is 4.55. The van der Waals surface area contributed by atoms with Gasteiger partial charge in [0, 0.05) is 30.6 Å². The van der Waals surface area contributed by atoms with Gasteiger partial charge in [0.2, 0.25) is 0 Å². The van der Waals surface area contributed by atoms with Crippen LogP contribution in [0.15, 0.2) is 48.2 Å². The second-order valence-corrected chi connectivity index (χ2v) is 6.30. The molecule has 0 amide bonds. The molecule has 0 saturated carbocycles. The van der Waals surface area contributed by atoms with Crippen LogP contribution in [0.5, 0.6) is 0 Å². The molecule has 0 radical (unpaired) electrons. The van der Waals surface area contributed by atoms with E-state index in [2.05, 4.69) is 50.2 Å². The third-order valence-corrected chi connectivity index (χ3v) is 4.71. The molecule has 1 aliphatic heterocycles. The molecule has 1 aromatic carbocycles. The minimum Gasteiger partial charge on any atom is -0.347 e. The molecule has 4 rings (SSSR count).